The number of aryl methyl sites for hydroxylation is 1. The monoisotopic (exact) mass is 204 g/mol. The van der Waals surface area contributed by atoms with E-state index in [-0.39, 0.29) is 0 Å². The molecule has 0 spiro atoms. The second kappa shape index (κ2) is 3.99. The molecule has 0 radical (unpaired) electrons. The molecule has 2 nitrogen and oxygen atoms in total. The van der Waals surface area contributed by atoms with Crippen molar-refractivity contribution in [2.45, 2.75) is 63.8 Å². The van der Waals surface area contributed by atoms with Gasteiger partial charge in [0, 0.05) is 30.8 Å². The molecule has 1 aliphatic carbocycles. The Morgan fingerprint density at radius 1 is 1.07 bits per heavy atom. The summed E-state index contributed by atoms with van der Waals surface area (Å²) >= 11 is 0. The average molecular weight is 204 g/mol. The van der Waals surface area contributed by atoms with Crippen LogP contribution >= 0.6 is 0 Å². The molecule has 1 aromatic rings. The summed E-state index contributed by atoms with van der Waals surface area (Å²) in [7, 11) is 0. The van der Waals surface area contributed by atoms with Gasteiger partial charge in [-0.05, 0) is 25.7 Å². The largest absolute Gasteiger partial charge is 0.332 e. The zero-order valence-electron chi connectivity index (χ0n) is 9.41. The fraction of sp³-hybridized carbons (Fsp3) is 0.769. The summed E-state index contributed by atoms with van der Waals surface area (Å²) in [6.45, 7) is 1.22. The molecule has 1 fully saturated rings. The van der Waals surface area contributed by atoms with Crippen molar-refractivity contribution in [3.63, 3.8) is 0 Å². The molecular formula is C13H20N2. The first-order valence-electron chi connectivity index (χ1n) is 6.49. The molecular weight excluding hydrogens is 184 g/mol. The van der Waals surface area contributed by atoms with Gasteiger partial charge in [0.25, 0.3) is 0 Å². The third-order valence-electron chi connectivity index (χ3n) is 4.02. The van der Waals surface area contributed by atoms with E-state index in [1.54, 1.807) is 5.69 Å². The summed E-state index contributed by atoms with van der Waals surface area (Å²) in [5.41, 5.74) is 1.55. The molecule has 0 amide bonds. The minimum atomic E-state index is 0.818. The summed E-state index contributed by atoms with van der Waals surface area (Å²) in [5, 5.41) is 0. The molecule has 0 saturated heterocycles. The molecule has 3 rings (SSSR count). The van der Waals surface area contributed by atoms with Crippen molar-refractivity contribution >= 4 is 0 Å². The highest BCUT2D eigenvalue weighted by Gasteiger charge is 2.22. The number of imidazole rings is 1. The lowest BCUT2D eigenvalue weighted by atomic mass is 9.87. The Bertz CT molecular complexity index is 334. The summed E-state index contributed by atoms with van der Waals surface area (Å²) in [6.07, 6.45) is 13.1. The van der Waals surface area contributed by atoms with Crippen LogP contribution in [-0.2, 0) is 13.0 Å². The summed E-state index contributed by atoms with van der Waals surface area (Å²) in [5.74, 6) is 2.17. The van der Waals surface area contributed by atoms with Gasteiger partial charge in [0.05, 0.1) is 0 Å². The van der Waals surface area contributed by atoms with Crippen molar-refractivity contribution in [3.8, 4) is 0 Å². The molecule has 82 valence electrons. The lowest BCUT2D eigenvalue weighted by Crippen LogP contribution is -2.16. The number of aromatic nitrogens is 2. The fourth-order valence-corrected chi connectivity index (χ4v) is 3.16. The van der Waals surface area contributed by atoms with Crippen LogP contribution in [0.1, 0.15) is 62.4 Å². The Labute approximate surface area is 91.7 Å². The van der Waals surface area contributed by atoms with Gasteiger partial charge in [-0.15, -0.1) is 0 Å². The maximum atomic E-state index is 4.59. The first kappa shape index (κ1) is 9.44. The van der Waals surface area contributed by atoms with E-state index in [0.717, 1.165) is 5.92 Å². The highest BCUT2D eigenvalue weighted by atomic mass is 15.1. The van der Waals surface area contributed by atoms with Crippen molar-refractivity contribution in [1.82, 2.24) is 9.55 Å². The van der Waals surface area contributed by atoms with Crippen molar-refractivity contribution < 1.29 is 0 Å². The van der Waals surface area contributed by atoms with Gasteiger partial charge in [0.2, 0.25) is 0 Å². The van der Waals surface area contributed by atoms with E-state index in [4.69, 9.17) is 0 Å². The predicted molar refractivity (Wildman–Crippen MR) is 61.0 cm³/mol. The van der Waals surface area contributed by atoms with Crippen molar-refractivity contribution in [1.29, 1.82) is 0 Å². The highest BCUT2D eigenvalue weighted by Crippen LogP contribution is 2.34. The number of fused-ring (bicyclic) bond motifs is 1. The van der Waals surface area contributed by atoms with Crippen LogP contribution in [-0.4, -0.2) is 9.55 Å². The molecule has 0 unspecified atom stereocenters. The number of hydrogen-bond acceptors (Lipinski definition) is 1. The van der Waals surface area contributed by atoms with Crippen LogP contribution in [0.25, 0.3) is 0 Å². The fourth-order valence-electron chi connectivity index (χ4n) is 3.16. The highest BCUT2D eigenvalue weighted by molar-refractivity contribution is 5.13. The van der Waals surface area contributed by atoms with Crippen molar-refractivity contribution in [2.24, 2.45) is 0 Å². The molecule has 1 aliphatic heterocycles. The Morgan fingerprint density at radius 2 is 1.93 bits per heavy atom. The maximum absolute atomic E-state index is 4.59. The first-order chi connectivity index (χ1) is 7.45. The van der Waals surface area contributed by atoms with Gasteiger partial charge >= 0.3 is 0 Å². The minimum Gasteiger partial charge on any atom is -0.332 e. The molecule has 2 heteroatoms. The summed E-state index contributed by atoms with van der Waals surface area (Å²) in [6, 6.07) is 0. The average Bonchev–Trinajstić information content (AvgIpc) is 2.74. The van der Waals surface area contributed by atoms with Crippen LogP contribution in [0.4, 0.5) is 0 Å². The van der Waals surface area contributed by atoms with Crippen molar-refractivity contribution in [2.75, 3.05) is 0 Å². The Hall–Kier alpha value is -0.790. The van der Waals surface area contributed by atoms with Crippen LogP contribution in [0, 0.1) is 0 Å². The van der Waals surface area contributed by atoms with E-state index >= 15 is 0 Å². The smallest absolute Gasteiger partial charge is 0.108 e. The molecule has 0 N–H and O–H groups in total. The second-order valence-corrected chi connectivity index (χ2v) is 5.04. The zero-order valence-corrected chi connectivity index (χ0v) is 9.41. The SMILES string of the molecule is c1nc2n(c1C1CCCCC1)CCCC2. The van der Waals surface area contributed by atoms with Gasteiger partial charge in [-0.1, -0.05) is 19.3 Å². The molecule has 2 aliphatic rings. The summed E-state index contributed by atoms with van der Waals surface area (Å²) < 4.78 is 2.51. The van der Waals surface area contributed by atoms with Gasteiger partial charge in [-0.2, -0.15) is 0 Å². The van der Waals surface area contributed by atoms with Gasteiger partial charge in [-0.25, -0.2) is 4.98 Å². The Balaban J connectivity index is 1.87. The second-order valence-electron chi connectivity index (χ2n) is 5.04. The summed E-state index contributed by atoms with van der Waals surface area (Å²) in [4.78, 5) is 4.59. The van der Waals surface area contributed by atoms with Crippen LogP contribution in [0.15, 0.2) is 6.20 Å². The van der Waals surface area contributed by atoms with Crippen LogP contribution in [0.5, 0.6) is 0 Å². The van der Waals surface area contributed by atoms with Crippen LogP contribution < -0.4 is 0 Å². The first-order valence-corrected chi connectivity index (χ1v) is 6.49. The number of nitrogens with zero attached hydrogens (tertiary/aromatic N) is 2. The lowest BCUT2D eigenvalue weighted by molar-refractivity contribution is 0.410. The van der Waals surface area contributed by atoms with Crippen molar-refractivity contribution in [3.05, 3.63) is 17.7 Å². The van der Waals surface area contributed by atoms with Gasteiger partial charge in [0.1, 0.15) is 5.82 Å². The minimum absolute atomic E-state index is 0.818. The standard InChI is InChI=1S/C13H20N2/c1-2-6-11(7-3-1)12-10-14-13-8-4-5-9-15(12)13/h10-11H,1-9H2. The topological polar surface area (TPSA) is 17.8 Å². The maximum Gasteiger partial charge on any atom is 0.108 e. The van der Waals surface area contributed by atoms with Crippen LogP contribution in [0.3, 0.4) is 0 Å². The van der Waals surface area contributed by atoms with E-state index in [2.05, 4.69) is 15.7 Å². The lowest BCUT2D eigenvalue weighted by Gasteiger charge is -2.25. The van der Waals surface area contributed by atoms with Gasteiger partial charge in [-0.3, -0.25) is 0 Å². The van der Waals surface area contributed by atoms with Gasteiger partial charge < -0.3 is 4.57 Å². The third-order valence-corrected chi connectivity index (χ3v) is 4.02. The van der Waals surface area contributed by atoms with E-state index < -0.39 is 0 Å². The van der Waals surface area contributed by atoms with E-state index in [9.17, 15) is 0 Å². The molecule has 1 aromatic heterocycles. The molecule has 0 bridgehead atoms. The Morgan fingerprint density at radius 3 is 2.80 bits per heavy atom. The normalized spacial score (nSPS) is 22.7. The van der Waals surface area contributed by atoms with Gasteiger partial charge in [0.15, 0.2) is 0 Å². The number of hydrogen-bond donors (Lipinski definition) is 0. The van der Waals surface area contributed by atoms with E-state index in [0.29, 0.717) is 0 Å². The molecule has 1 saturated carbocycles. The predicted octanol–water partition coefficient (Wildman–Crippen LogP) is 3.27. The third kappa shape index (κ3) is 1.70. The molecule has 2 heterocycles. The van der Waals surface area contributed by atoms with E-state index in [1.807, 2.05) is 0 Å². The molecule has 15 heavy (non-hydrogen) atoms. The van der Waals surface area contributed by atoms with E-state index in [1.165, 1.54) is 63.7 Å². The number of rotatable bonds is 1. The Kier molecular flexibility index (Phi) is 2.51. The molecule has 0 aromatic carbocycles. The molecule has 0 atom stereocenters. The zero-order chi connectivity index (χ0) is 10.1. The quantitative estimate of drug-likeness (QED) is 0.686. The van der Waals surface area contributed by atoms with Crippen LogP contribution in [0.2, 0.25) is 0 Å².